The number of benzene rings is 4. The highest BCUT2D eigenvalue weighted by Crippen LogP contribution is 2.20. The second-order valence-electron chi connectivity index (χ2n) is 10.7. The van der Waals surface area contributed by atoms with Gasteiger partial charge >= 0.3 is 0 Å². The highest BCUT2D eigenvalue weighted by Gasteiger charge is 2.23. The maximum Gasteiger partial charge on any atom is 0.245 e. The molecule has 280 valence electrons. The van der Waals surface area contributed by atoms with E-state index in [1.807, 2.05) is 139 Å². The molecule has 0 bridgehead atoms. The van der Waals surface area contributed by atoms with Crippen LogP contribution in [0.3, 0.4) is 0 Å². The minimum atomic E-state index is -0.390. The molecular formula is C41H60N4O4S2. The number of hydrogen-bond donors (Lipinski definition) is 2. The van der Waals surface area contributed by atoms with E-state index < -0.39 is 6.04 Å². The van der Waals surface area contributed by atoms with Crippen LogP contribution in [0.1, 0.15) is 45.7 Å². The van der Waals surface area contributed by atoms with Crippen molar-refractivity contribution in [1.82, 2.24) is 9.44 Å². The lowest BCUT2D eigenvalue weighted by Gasteiger charge is -2.25. The van der Waals surface area contributed by atoms with Crippen LogP contribution in [0, 0.1) is 6.92 Å². The first-order chi connectivity index (χ1) is 24.7. The van der Waals surface area contributed by atoms with Gasteiger partial charge in [-0.3, -0.25) is 14.2 Å². The smallest absolute Gasteiger partial charge is 0.245 e. The molecule has 1 unspecified atom stereocenters. The van der Waals surface area contributed by atoms with Crippen LogP contribution in [-0.4, -0.2) is 64.7 Å². The van der Waals surface area contributed by atoms with E-state index in [1.54, 1.807) is 33.1 Å². The second kappa shape index (κ2) is 29.7. The minimum Gasteiger partial charge on any atom is -0.497 e. The number of carbonyl (C=O) groups excluding carboxylic acids is 2. The number of aldehydes is 1. The van der Waals surface area contributed by atoms with Crippen molar-refractivity contribution in [1.29, 1.82) is 0 Å². The first kappa shape index (κ1) is 47.0. The lowest BCUT2D eigenvalue weighted by molar-refractivity contribution is -0.119. The van der Waals surface area contributed by atoms with Gasteiger partial charge in [0.05, 0.1) is 25.3 Å². The molecule has 51 heavy (non-hydrogen) atoms. The van der Waals surface area contributed by atoms with Gasteiger partial charge in [-0.05, 0) is 74.4 Å². The van der Waals surface area contributed by atoms with E-state index in [-0.39, 0.29) is 11.9 Å². The average Bonchev–Trinajstić information content (AvgIpc) is 3.19. The maximum atomic E-state index is 13.2. The summed E-state index contributed by atoms with van der Waals surface area (Å²) in [4.78, 5) is 27.5. The normalized spacial score (nSPS) is 10.7. The molecular weight excluding hydrogens is 677 g/mol. The van der Waals surface area contributed by atoms with Crippen LogP contribution < -0.4 is 28.7 Å². The molecule has 0 spiro atoms. The van der Waals surface area contributed by atoms with E-state index in [1.165, 1.54) is 35.1 Å². The molecule has 0 aliphatic heterocycles. The van der Waals surface area contributed by atoms with Crippen LogP contribution in [0.25, 0.3) is 0 Å². The number of carbonyl (C=O) groups is 2. The predicted molar refractivity (Wildman–Crippen MR) is 223 cm³/mol. The maximum absolute atomic E-state index is 13.2. The number of rotatable bonds is 14. The van der Waals surface area contributed by atoms with E-state index in [4.69, 9.17) is 9.47 Å². The molecule has 0 saturated heterocycles. The molecule has 10 heteroatoms. The minimum absolute atomic E-state index is 0.0225. The molecule has 0 radical (unpaired) electrons. The van der Waals surface area contributed by atoms with Crippen LogP contribution in [0.15, 0.2) is 109 Å². The summed E-state index contributed by atoms with van der Waals surface area (Å²) in [6.07, 6.45) is 1.44. The Bertz CT molecular complexity index is 1410. The molecule has 2 atom stereocenters. The second-order valence-corrected chi connectivity index (χ2v) is 12.6. The molecule has 0 heterocycles. The molecule has 1 amide bonds. The van der Waals surface area contributed by atoms with Crippen molar-refractivity contribution in [2.75, 3.05) is 50.2 Å². The molecule has 2 N–H and O–H groups in total. The number of ether oxygens (including phenoxy) is 2. The Morgan fingerprint density at radius 1 is 0.706 bits per heavy atom. The highest BCUT2D eigenvalue weighted by atomic mass is 32.2. The zero-order chi connectivity index (χ0) is 38.4. The van der Waals surface area contributed by atoms with Gasteiger partial charge in [-0.25, -0.2) is 0 Å². The number of amides is 1. The van der Waals surface area contributed by atoms with Gasteiger partial charge in [-0.15, -0.1) is 0 Å². The zero-order valence-corrected chi connectivity index (χ0v) is 34.0. The molecule has 4 aromatic carbocycles. The van der Waals surface area contributed by atoms with Crippen LogP contribution in [0.5, 0.6) is 11.5 Å². The van der Waals surface area contributed by atoms with Gasteiger partial charge in [0, 0.05) is 32.5 Å². The Kier molecular flexibility index (Phi) is 27.4. The highest BCUT2D eigenvalue weighted by molar-refractivity contribution is 8.14. The summed E-state index contributed by atoms with van der Waals surface area (Å²) in [7, 11) is 9.09. The van der Waals surface area contributed by atoms with Crippen molar-refractivity contribution in [3.8, 4) is 11.5 Å². The van der Waals surface area contributed by atoms with Crippen molar-refractivity contribution in [2.45, 2.75) is 60.0 Å². The van der Waals surface area contributed by atoms with Crippen molar-refractivity contribution in [2.24, 2.45) is 0 Å². The van der Waals surface area contributed by atoms with Gasteiger partial charge in [0.15, 0.2) is 0 Å². The Balaban J connectivity index is 0.000000919. The van der Waals surface area contributed by atoms with E-state index in [9.17, 15) is 9.59 Å². The molecule has 4 rings (SSSR count). The van der Waals surface area contributed by atoms with Crippen LogP contribution in [0.4, 0.5) is 11.4 Å². The SMILES string of the molecule is CC.CC.COc1ccc(N(C)C(=O)C(Cc2ccccc2)NSCSN[C@@H](C)C=O)cc1.COc1ccc(N(C)C)cc1.Cc1ccccc1. The summed E-state index contributed by atoms with van der Waals surface area (Å²) < 4.78 is 16.5. The number of anilines is 2. The molecule has 0 aliphatic carbocycles. The number of nitrogens with zero attached hydrogens (tertiary/aromatic N) is 2. The summed E-state index contributed by atoms with van der Waals surface area (Å²) in [6, 6.07) is 35.0. The number of aryl methyl sites for hydroxylation is 1. The van der Waals surface area contributed by atoms with Gasteiger partial charge in [-0.1, -0.05) is 118 Å². The van der Waals surface area contributed by atoms with Crippen LogP contribution in [-0.2, 0) is 16.0 Å². The quantitative estimate of drug-likeness (QED) is 0.0570. The number of methoxy groups -OCH3 is 2. The molecule has 4 aromatic rings. The average molecular weight is 737 g/mol. The third-order valence-corrected chi connectivity index (χ3v) is 8.65. The summed E-state index contributed by atoms with van der Waals surface area (Å²) in [5.41, 5.74) is 4.40. The summed E-state index contributed by atoms with van der Waals surface area (Å²) in [6.45, 7) is 11.9. The number of nitrogens with one attached hydrogen (secondary N) is 2. The standard InChI is InChI=1S/C21H27N3O3S2.C9H13NO.C7H8.2C2H6/c1-16(14-25)22-28-15-29-23-20(13-17-7-5-4-6-8-17)21(26)24(2)18-9-11-19(27-3)12-10-18;1-10(2)8-4-6-9(11-3)7-5-8;1-7-5-3-2-4-6-7;2*1-2/h4-12,14,16,20,22-23H,13,15H2,1-3H3;4-7H,1-3H3;2-6H,1H3;2*1-2H3/t16-,20?;;;;/m0..../s1. The fourth-order valence-electron chi connectivity index (χ4n) is 3.97. The van der Waals surface area contributed by atoms with Crippen molar-refractivity contribution in [3.63, 3.8) is 0 Å². The summed E-state index contributed by atoms with van der Waals surface area (Å²) >= 11 is 2.88. The van der Waals surface area contributed by atoms with Gasteiger partial charge in [0.1, 0.15) is 23.8 Å². The van der Waals surface area contributed by atoms with Gasteiger partial charge in [0.25, 0.3) is 0 Å². The first-order valence-corrected chi connectivity index (χ1v) is 19.1. The lowest BCUT2D eigenvalue weighted by atomic mass is 10.1. The molecule has 0 fully saturated rings. The Morgan fingerprint density at radius 3 is 1.57 bits per heavy atom. The van der Waals surface area contributed by atoms with Crippen LogP contribution >= 0.6 is 23.9 Å². The largest absolute Gasteiger partial charge is 0.497 e. The molecule has 0 aliphatic rings. The Labute approximate surface area is 317 Å². The molecule has 0 saturated carbocycles. The van der Waals surface area contributed by atoms with Crippen molar-refractivity contribution < 1.29 is 19.1 Å². The fourth-order valence-corrected chi connectivity index (χ4v) is 5.45. The van der Waals surface area contributed by atoms with E-state index >= 15 is 0 Å². The third-order valence-electron chi connectivity index (χ3n) is 6.72. The van der Waals surface area contributed by atoms with Gasteiger partial charge < -0.3 is 24.1 Å². The fraction of sp³-hybridized carbons (Fsp3) is 0.366. The van der Waals surface area contributed by atoms with Gasteiger partial charge in [0.2, 0.25) is 5.91 Å². The lowest BCUT2D eigenvalue weighted by Crippen LogP contribution is -2.44. The van der Waals surface area contributed by atoms with Gasteiger partial charge in [-0.2, -0.15) is 0 Å². The van der Waals surface area contributed by atoms with Crippen molar-refractivity contribution >= 4 is 47.5 Å². The van der Waals surface area contributed by atoms with E-state index in [0.717, 1.165) is 29.0 Å². The monoisotopic (exact) mass is 736 g/mol. The van der Waals surface area contributed by atoms with Crippen molar-refractivity contribution in [3.05, 3.63) is 120 Å². The predicted octanol–water partition coefficient (Wildman–Crippen LogP) is 9.10. The Morgan fingerprint density at radius 2 is 1.16 bits per heavy atom. The zero-order valence-electron chi connectivity index (χ0n) is 32.4. The van der Waals surface area contributed by atoms with E-state index in [0.29, 0.717) is 11.5 Å². The first-order valence-electron chi connectivity index (χ1n) is 17.2. The number of hydrogen-bond acceptors (Lipinski definition) is 9. The topological polar surface area (TPSA) is 83.1 Å². The number of likely N-dealkylation sites (N-methyl/N-ethyl adjacent to an activating group) is 1. The summed E-state index contributed by atoms with van der Waals surface area (Å²) in [5.74, 6) is 1.62. The molecule has 8 nitrogen and oxygen atoms in total. The third kappa shape index (κ3) is 20.5. The van der Waals surface area contributed by atoms with Crippen LogP contribution in [0.2, 0.25) is 0 Å². The Hall–Kier alpha value is -3.96. The molecule has 0 aromatic heterocycles. The van der Waals surface area contributed by atoms with E-state index in [2.05, 4.69) is 33.4 Å². The summed E-state index contributed by atoms with van der Waals surface area (Å²) in [5, 5.41) is 0.656.